The summed E-state index contributed by atoms with van der Waals surface area (Å²) in [6, 6.07) is 12.8. The lowest BCUT2D eigenvalue weighted by molar-refractivity contribution is 0.0994. The molecule has 3 aromatic rings. The highest BCUT2D eigenvalue weighted by atomic mass is 35.5. The van der Waals surface area contributed by atoms with Crippen molar-refractivity contribution in [2.75, 3.05) is 0 Å². The highest BCUT2D eigenvalue weighted by molar-refractivity contribution is 6.30. The van der Waals surface area contributed by atoms with Gasteiger partial charge in [0.05, 0.1) is 11.0 Å². The highest BCUT2D eigenvalue weighted by Crippen LogP contribution is 2.18. The Hall–Kier alpha value is -2.26. The minimum Gasteiger partial charge on any atom is -0.294 e. The molecule has 3 nitrogen and oxygen atoms in total. The lowest BCUT2D eigenvalue weighted by Crippen LogP contribution is -2.05. The minimum absolute atomic E-state index is 0.0124. The summed E-state index contributed by atoms with van der Waals surface area (Å²) in [5.74, 6) is 0.0124. The monoisotopic (exact) mass is 282 g/mol. The Balaban J connectivity index is 1.97. The first kappa shape index (κ1) is 12.8. The Bertz CT molecular complexity index is 781. The fraction of sp³-hybridized carbons (Fsp3) is 0.0625. The van der Waals surface area contributed by atoms with Crippen LogP contribution in [0.15, 0.2) is 54.9 Å². The Morgan fingerprint density at radius 2 is 1.85 bits per heavy atom. The molecule has 0 aliphatic rings. The lowest BCUT2D eigenvalue weighted by atomic mass is 10.0. The first-order chi connectivity index (χ1) is 9.74. The molecular weight excluding hydrogens is 272 g/mol. The predicted octanol–water partition coefficient (Wildman–Crippen LogP) is 3.71. The molecule has 1 heterocycles. The molecule has 0 amide bonds. The van der Waals surface area contributed by atoms with E-state index in [1.807, 2.05) is 24.3 Å². The molecule has 0 unspecified atom stereocenters. The van der Waals surface area contributed by atoms with Gasteiger partial charge in [-0.2, -0.15) is 0 Å². The first-order valence-corrected chi connectivity index (χ1v) is 6.59. The number of fused-ring (bicyclic) bond motifs is 1. The second kappa shape index (κ2) is 5.39. The average Bonchev–Trinajstić information content (AvgIpc) is 2.46. The third-order valence-electron chi connectivity index (χ3n) is 3.05. The fourth-order valence-corrected chi connectivity index (χ4v) is 2.36. The van der Waals surface area contributed by atoms with Crippen molar-refractivity contribution in [3.05, 3.63) is 71.0 Å². The second-order valence-electron chi connectivity index (χ2n) is 4.46. The normalized spacial score (nSPS) is 10.7. The zero-order chi connectivity index (χ0) is 13.9. The van der Waals surface area contributed by atoms with Crippen LogP contribution in [0.3, 0.4) is 0 Å². The molecule has 1 aromatic heterocycles. The van der Waals surface area contributed by atoms with Gasteiger partial charge in [0.1, 0.15) is 0 Å². The standard InChI is InChI=1S/C16H11ClN2O/c17-12-4-1-3-11(9-12)10-15(20)13-5-2-6-14-16(13)19-8-7-18-14/h1-9H,10H2. The molecular formula is C16H11ClN2O. The van der Waals surface area contributed by atoms with Gasteiger partial charge in [0, 0.05) is 29.4 Å². The van der Waals surface area contributed by atoms with Crippen molar-refractivity contribution < 1.29 is 4.79 Å². The Kier molecular flexibility index (Phi) is 3.44. The van der Waals surface area contributed by atoms with Gasteiger partial charge >= 0.3 is 0 Å². The van der Waals surface area contributed by atoms with Gasteiger partial charge in [-0.1, -0.05) is 29.8 Å². The number of Topliss-reactive ketones (excluding diaryl/α,β-unsaturated/α-hetero) is 1. The average molecular weight is 283 g/mol. The van der Waals surface area contributed by atoms with Gasteiger partial charge < -0.3 is 0 Å². The molecule has 0 N–H and O–H groups in total. The number of hydrogen-bond acceptors (Lipinski definition) is 3. The maximum Gasteiger partial charge on any atom is 0.169 e. The third kappa shape index (κ3) is 2.53. The molecule has 0 radical (unpaired) electrons. The molecule has 0 bridgehead atoms. The largest absolute Gasteiger partial charge is 0.294 e. The van der Waals surface area contributed by atoms with E-state index in [1.54, 1.807) is 30.6 Å². The molecule has 0 aliphatic carbocycles. The molecule has 0 atom stereocenters. The number of nitrogens with zero attached hydrogens (tertiary/aromatic N) is 2. The van der Waals surface area contributed by atoms with Crippen molar-refractivity contribution in [2.24, 2.45) is 0 Å². The van der Waals surface area contributed by atoms with Crippen LogP contribution < -0.4 is 0 Å². The molecule has 0 saturated carbocycles. The van der Waals surface area contributed by atoms with E-state index in [4.69, 9.17) is 11.6 Å². The van der Waals surface area contributed by atoms with Crippen LogP contribution in [0.5, 0.6) is 0 Å². The maximum absolute atomic E-state index is 12.4. The van der Waals surface area contributed by atoms with Crippen LogP contribution >= 0.6 is 11.6 Å². The van der Waals surface area contributed by atoms with Crippen LogP contribution in [-0.2, 0) is 6.42 Å². The Morgan fingerprint density at radius 3 is 2.70 bits per heavy atom. The quantitative estimate of drug-likeness (QED) is 0.688. The van der Waals surface area contributed by atoms with E-state index in [0.717, 1.165) is 11.1 Å². The lowest BCUT2D eigenvalue weighted by Gasteiger charge is -2.05. The van der Waals surface area contributed by atoms with Crippen molar-refractivity contribution >= 4 is 28.4 Å². The van der Waals surface area contributed by atoms with Gasteiger partial charge in [-0.3, -0.25) is 14.8 Å². The predicted molar refractivity (Wildman–Crippen MR) is 79.0 cm³/mol. The molecule has 0 saturated heterocycles. The highest BCUT2D eigenvalue weighted by Gasteiger charge is 2.12. The van der Waals surface area contributed by atoms with Gasteiger partial charge in [0.2, 0.25) is 0 Å². The van der Waals surface area contributed by atoms with E-state index in [2.05, 4.69) is 9.97 Å². The van der Waals surface area contributed by atoms with Crippen LogP contribution in [0, 0.1) is 0 Å². The number of para-hydroxylation sites is 1. The zero-order valence-electron chi connectivity index (χ0n) is 10.6. The summed E-state index contributed by atoms with van der Waals surface area (Å²) in [6.45, 7) is 0. The van der Waals surface area contributed by atoms with Crippen molar-refractivity contribution in [3.63, 3.8) is 0 Å². The van der Waals surface area contributed by atoms with Crippen molar-refractivity contribution in [1.82, 2.24) is 9.97 Å². The Labute approximate surface area is 121 Å². The molecule has 98 valence electrons. The number of carbonyl (C=O) groups is 1. The molecule has 4 heteroatoms. The summed E-state index contributed by atoms with van der Waals surface area (Å²) in [6.07, 6.45) is 3.52. The van der Waals surface area contributed by atoms with E-state index in [0.29, 0.717) is 22.5 Å². The summed E-state index contributed by atoms with van der Waals surface area (Å²) in [5, 5.41) is 0.632. The topological polar surface area (TPSA) is 42.9 Å². The zero-order valence-corrected chi connectivity index (χ0v) is 11.3. The van der Waals surface area contributed by atoms with Gasteiger partial charge in [-0.25, -0.2) is 0 Å². The van der Waals surface area contributed by atoms with E-state index >= 15 is 0 Å². The second-order valence-corrected chi connectivity index (χ2v) is 4.90. The smallest absolute Gasteiger partial charge is 0.169 e. The van der Waals surface area contributed by atoms with Crippen molar-refractivity contribution in [1.29, 1.82) is 0 Å². The van der Waals surface area contributed by atoms with E-state index in [-0.39, 0.29) is 5.78 Å². The van der Waals surface area contributed by atoms with Gasteiger partial charge in [0.15, 0.2) is 5.78 Å². The van der Waals surface area contributed by atoms with E-state index in [9.17, 15) is 4.79 Å². The van der Waals surface area contributed by atoms with Crippen LogP contribution in [0.25, 0.3) is 11.0 Å². The van der Waals surface area contributed by atoms with Gasteiger partial charge in [-0.05, 0) is 29.8 Å². The van der Waals surface area contributed by atoms with Crippen molar-refractivity contribution in [3.8, 4) is 0 Å². The number of carbonyl (C=O) groups excluding carboxylic acids is 1. The number of rotatable bonds is 3. The van der Waals surface area contributed by atoms with Crippen molar-refractivity contribution in [2.45, 2.75) is 6.42 Å². The Morgan fingerprint density at radius 1 is 1.05 bits per heavy atom. The molecule has 0 spiro atoms. The molecule has 0 fully saturated rings. The van der Waals surface area contributed by atoms with E-state index < -0.39 is 0 Å². The number of aromatic nitrogens is 2. The first-order valence-electron chi connectivity index (χ1n) is 6.21. The number of ketones is 1. The maximum atomic E-state index is 12.4. The fourth-order valence-electron chi connectivity index (χ4n) is 2.15. The van der Waals surface area contributed by atoms with Crippen LogP contribution in [0.2, 0.25) is 5.02 Å². The summed E-state index contributed by atoms with van der Waals surface area (Å²) in [5.41, 5.74) is 2.85. The summed E-state index contributed by atoms with van der Waals surface area (Å²) < 4.78 is 0. The van der Waals surface area contributed by atoms with E-state index in [1.165, 1.54) is 0 Å². The molecule has 3 rings (SSSR count). The van der Waals surface area contributed by atoms with Crippen LogP contribution in [0.4, 0.5) is 0 Å². The summed E-state index contributed by atoms with van der Waals surface area (Å²) in [7, 11) is 0. The number of halogens is 1. The minimum atomic E-state index is 0.0124. The SMILES string of the molecule is O=C(Cc1cccc(Cl)c1)c1cccc2nccnc12. The number of hydrogen-bond donors (Lipinski definition) is 0. The van der Waals surface area contributed by atoms with Crippen LogP contribution in [0.1, 0.15) is 15.9 Å². The van der Waals surface area contributed by atoms with Gasteiger partial charge in [-0.15, -0.1) is 0 Å². The van der Waals surface area contributed by atoms with Gasteiger partial charge in [0.25, 0.3) is 0 Å². The summed E-state index contributed by atoms with van der Waals surface area (Å²) in [4.78, 5) is 20.9. The summed E-state index contributed by atoms with van der Waals surface area (Å²) >= 11 is 5.94. The molecule has 20 heavy (non-hydrogen) atoms. The number of benzene rings is 2. The molecule has 0 aliphatic heterocycles. The van der Waals surface area contributed by atoms with Crippen LogP contribution in [-0.4, -0.2) is 15.8 Å². The third-order valence-corrected chi connectivity index (χ3v) is 3.29. The molecule has 2 aromatic carbocycles.